The fourth-order valence-electron chi connectivity index (χ4n) is 2.51. The van der Waals surface area contributed by atoms with Crippen molar-refractivity contribution in [2.75, 3.05) is 0 Å². The van der Waals surface area contributed by atoms with Crippen LogP contribution in [0.1, 0.15) is 18.6 Å². The zero-order valence-electron chi connectivity index (χ0n) is 12.2. The number of esters is 1. The number of aliphatic hydroxyl groups excluding tert-OH is 1. The van der Waals surface area contributed by atoms with Crippen LogP contribution in [0.15, 0.2) is 48.5 Å². The summed E-state index contributed by atoms with van der Waals surface area (Å²) in [7, 11) is 0. The van der Waals surface area contributed by atoms with E-state index >= 15 is 0 Å². The van der Waals surface area contributed by atoms with Crippen LogP contribution in [0.4, 0.5) is 0 Å². The van der Waals surface area contributed by atoms with E-state index in [-0.39, 0.29) is 17.1 Å². The summed E-state index contributed by atoms with van der Waals surface area (Å²) in [6.07, 6.45) is -1.50. The number of rotatable bonds is 3. The Morgan fingerprint density at radius 2 is 1.91 bits per heavy atom. The molecule has 23 heavy (non-hydrogen) atoms. The van der Waals surface area contributed by atoms with Gasteiger partial charge in [-0.05, 0) is 37.3 Å². The highest BCUT2D eigenvalue weighted by molar-refractivity contribution is 6.30. The molecule has 1 heterocycles. The molecular formula is C17H13ClO5. The predicted molar refractivity (Wildman–Crippen MR) is 82.5 cm³/mol. The van der Waals surface area contributed by atoms with Crippen LogP contribution in [0.3, 0.4) is 0 Å². The Labute approximate surface area is 137 Å². The lowest BCUT2D eigenvalue weighted by molar-refractivity contribution is -0.166. The first-order chi connectivity index (χ1) is 10.9. The van der Waals surface area contributed by atoms with Crippen molar-refractivity contribution in [1.29, 1.82) is 0 Å². The largest absolute Gasteiger partial charge is 0.464 e. The molecule has 0 bridgehead atoms. The van der Waals surface area contributed by atoms with Crippen molar-refractivity contribution in [2.24, 2.45) is 0 Å². The average molecular weight is 333 g/mol. The second-order valence-electron chi connectivity index (χ2n) is 5.18. The van der Waals surface area contributed by atoms with Crippen LogP contribution in [0.2, 0.25) is 5.02 Å². The molecule has 2 aromatic carbocycles. The molecule has 118 valence electrons. The third kappa shape index (κ3) is 2.48. The summed E-state index contributed by atoms with van der Waals surface area (Å²) >= 11 is 5.90. The van der Waals surface area contributed by atoms with E-state index in [9.17, 15) is 14.7 Å². The quantitative estimate of drug-likeness (QED) is 0.531. The number of ketones is 1. The van der Waals surface area contributed by atoms with Gasteiger partial charge in [0.05, 0.1) is 0 Å². The molecule has 3 rings (SSSR count). The van der Waals surface area contributed by atoms with Gasteiger partial charge in [0.1, 0.15) is 17.6 Å². The average Bonchev–Trinajstić information content (AvgIpc) is 2.82. The van der Waals surface area contributed by atoms with Gasteiger partial charge in [0, 0.05) is 10.6 Å². The summed E-state index contributed by atoms with van der Waals surface area (Å²) in [5.74, 6) is -1.15. The first-order valence-electron chi connectivity index (χ1n) is 6.90. The first kappa shape index (κ1) is 15.5. The summed E-state index contributed by atoms with van der Waals surface area (Å²) in [5, 5.41) is 10.9. The molecule has 1 N–H and O–H groups in total. The molecule has 1 aliphatic heterocycles. The molecule has 0 saturated heterocycles. The Kier molecular flexibility index (Phi) is 3.83. The Morgan fingerprint density at radius 3 is 2.57 bits per heavy atom. The number of ether oxygens (including phenoxy) is 2. The minimum absolute atomic E-state index is 0.224. The van der Waals surface area contributed by atoms with Crippen LogP contribution < -0.4 is 9.47 Å². The molecule has 2 aromatic rings. The summed E-state index contributed by atoms with van der Waals surface area (Å²) in [6.45, 7) is 1.17. The summed E-state index contributed by atoms with van der Waals surface area (Å²) < 4.78 is 10.7. The zero-order chi connectivity index (χ0) is 16.6. The van der Waals surface area contributed by atoms with Crippen molar-refractivity contribution in [3.05, 3.63) is 59.1 Å². The van der Waals surface area contributed by atoms with E-state index in [1.165, 1.54) is 19.1 Å². The number of halogens is 1. The normalized spacial score (nSPS) is 22.1. The van der Waals surface area contributed by atoms with E-state index < -0.39 is 23.5 Å². The van der Waals surface area contributed by atoms with Gasteiger partial charge in [-0.1, -0.05) is 29.8 Å². The number of carbonyl (C=O) groups excluding carboxylic acids is 2. The maximum atomic E-state index is 12.6. The molecule has 0 aliphatic carbocycles. The first-order valence-corrected chi connectivity index (χ1v) is 7.28. The van der Waals surface area contributed by atoms with Crippen molar-refractivity contribution >= 4 is 23.4 Å². The maximum Gasteiger partial charge on any atom is 0.367 e. The molecule has 0 fully saturated rings. The third-order valence-corrected chi connectivity index (χ3v) is 3.94. The molecule has 0 aromatic heterocycles. The van der Waals surface area contributed by atoms with E-state index in [1.807, 2.05) is 0 Å². The lowest BCUT2D eigenvalue weighted by Gasteiger charge is -2.26. The zero-order valence-corrected chi connectivity index (χ0v) is 12.9. The highest BCUT2D eigenvalue weighted by atomic mass is 35.5. The van der Waals surface area contributed by atoms with E-state index in [1.54, 1.807) is 36.4 Å². The van der Waals surface area contributed by atoms with Gasteiger partial charge < -0.3 is 14.6 Å². The molecule has 6 heteroatoms. The second kappa shape index (κ2) is 5.68. The smallest absolute Gasteiger partial charge is 0.367 e. The van der Waals surface area contributed by atoms with Gasteiger partial charge in [0.2, 0.25) is 0 Å². The third-order valence-electron chi connectivity index (χ3n) is 3.70. The van der Waals surface area contributed by atoms with Gasteiger partial charge >= 0.3 is 5.97 Å². The van der Waals surface area contributed by atoms with Crippen molar-refractivity contribution in [1.82, 2.24) is 0 Å². The van der Waals surface area contributed by atoms with Crippen LogP contribution in [-0.4, -0.2) is 22.5 Å². The molecule has 2 atom stereocenters. The van der Waals surface area contributed by atoms with Crippen LogP contribution in [0, 0.1) is 0 Å². The van der Waals surface area contributed by atoms with Crippen LogP contribution in [0.25, 0.3) is 0 Å². The van der Waals surface area contributed by atoms with Crippen LogP contribution in [-0.2, 0) is 9.59 Å². The number of fused-ring (bicyclic) bond motifs is 1. The molecule has 0 saturated carbocycles. The van der Waals surface area contributed by atoms with Crippen LogP contribution in [0.5, 0.6) is 11.5 Å². The Balaban J connectivity index is 1.99. The van der Waals surface area contributed by atoms with Crippen LogP contribution >= 0.6 is 11.6 Å². The van der Waals surface area contributed by atoms with Crippen molar-refractivity contribution in [3.63, 3.8) is 0 Å². The summed E-state index contributed by atoms with van der Waals surface area (Å²) in [5.41, 5.74) is -1.86. The van der Waals surface area contributed by atoms with E-state index in [4.69, 9.17) is 21.1 Å². The monoisotopic (exact) mass is 332 g/mol. The maximum absolute atomic E-state index is 12.6. The van der Waals surface area contributed by atoms with E-state index in [0.717, 1.165) is 0 Å². The second-order valence-corrected chi connectivity index (χ2v) is 5.62. The highest BCUT2D eigenvalue weighted by Gasteiger charge is 2.59. The molecule has 0 amide bonds. The number of carbonyl (C=O) groups is 2. The number of para-hydroxylation sites is 1. The van der Waals surface area contributed by atoms with Gasteiger partial charge in [-0.2, -0.15) is 0 Å². The number of hydrogen-bond donors (Lipinski definition) is 1. The fraction of sp³-hybridized carbons (Fsp3) is 0.176. The van der Waals surface area contributed by atoms with Crippen molar-refractivity contribution < 1.29 is 24.2 Å². The van der Waals surface area contributed by atoms with Gasteiger partial charge in [0.15, 0.2) is 5.78 Å². The van der Waals surface area contributed by atoms with Crippen molar-refractivity contribution in [3.8, 4) is 11.5 Å². The number of hydrogen-bond acceptors (Lipinski definition) is 5. The van der Waals surface area contributed by atoms with Gasteiger partial charge in [-0.3, -0.25) is 4.79 Å². The number of Topliss-reactive ketones (excluding diaryl/α,β-unsaturated/α-hetero) is 1. The molecule has 2 unspecified atom stereocenters. The summed E-state index contributed by atoms with van der Waals surface area (Å²) in [4.78, 5) is 24.7. The lowest BCUT2D eigenvalue weighted by atomic mass is 9.90. The highest BCUT2D eigenvalue weighted by Crippen LogP contribution is 2.45. The van der Waals surface area contributed by atoms with E-state index in [0.29, 0.717) is 5.02 Å². The SMILES string of the molecule is CC(=O)C1(C(=O)Oc2ccccc2)Oc2ccc(Cl)cc2C1O. The minimum atomic E-state index is -2.14. The fourth-order valence-corrected chi connectivity index (χ4v) is 2.69. The van der Waals surface area contributed by atoms with Gasteiger partial charge in [-0.25, -0.2) is 4.79 Å². The molecule has 0 spiro atoms. The Hall–Kier alpha value is -2.37. The Bertz CT molecular complexity index is 774. The lowest BCUT2D eigenvalue weighted by Crippen LogP contribution is -2.54. The van der Waals surface area contributed by atoms with Crippen molar-refractivity contribution in [2.45, 2.75) is 18.6 Å². The molecule has 5 nitrogen and oxygen atoms in total. The molecule has 1 aliphatic rings. The number of benzene rings is 2. The van der Waals surface area contributed by atoms with Gasteiger partial charge in [0.25, 0.3) is 5.60 Å². The van der Waals surface area contributed by atoms with E-state index in [2.05, 4.69) is 0 Å². The number of aliphatic hydroxyl groups is 1. The minimum Gasteiger partial charge on any atom is -0.464 e. The summed E-state index contributed by atoms with van der Waals surface area (Å²) in [6, 6.07) is 12.8. The van der Waals surface area contributed by atoms with Gasteiger partial charge in [-0.15, -0.1) is 0 Å². The Morgan fingerprint density at radius 1 is 1.22 bits per heavy atom. The molecular weight excluding hydrogens is 320 g/mol. The molecule has 0 radical (unpaired) electrons. The topological polar surface area (TPSA) is 72.8 Å². The predicted octanol–water partition coefficient (Wildman–Crippen LogP) is 2.70. The standard InChI is InChI=1S/C17H13ClO5/c1-10(19)17(16(21)22-12-5-3-2-4-6-12)15(20)13-9-11(18)7-8-14(13)23-17/h2-9,15,20H,1H3.